The minimum absolute atomic E-state index is 0.0993. The first kappa shape index (κ1) is 14.1. The number of carbonyl (C=O) groups excluding carboxylic acids is 2. The zero-order chi connectivity index (χ0) is 14.8. The Bertz CT molecular complexity index is 563. The average molecular weight is 287 g/mol. The van der Waals surface area contributed by atoms with Crippen LogP contribution in [-0.2, 0) is 17.9 Å². The van der Waals surface area contributed by atoms with Gasteiger partial charge in [-0.3, -0.25) is 9.59 Å². The van der Waals surface area contributed by atoms with E-state index in [0.29, 0.717) is 25.4 Å². The summed E-state index contributed by atoms with van der Waals surface area (Å²) < 4.78 is 0. The van der Waals surface area contributed by atoms with Crippen LogP contribution < -0.4 is 11.1 Å². The second kappa shape index (κ2) is 5.85. The third-order valence-electron chi connectivity index (χ3n) is 4.48. The maximum absolute atomic E-state index is 12.5. The van der Waals surface area contributed by atoms with Gasteiger partial charge in [-0.1, -0.05) is 6.07 Å². The molecule has 0 atom stereocenters. The lowest BCUT2D eigenvalue weighted by Crippen LogP contribution is -2.39. The number of primary amides is 1. The molecule has 21 heavy (non-hydrogen) atoms. The van der Waals surface area contributed by atoms with Gasteiger partial charge in [0.1, 0.15) is 0 Å². The number of nitrogens with one attached hydrogen (secondary N) is 1. The van der Waals surface area contributed by atoms with Crippen LogP contribution in [0.15, 0.2) is 18.2 Å². The monoisotopic (exact) mass is 287 g/mol. The summed E-state index contributed by atoms with van der Waals surface area (Å²) in [5, 5.41) is 3.29. The maximum Gasteiger partial charge on any atom is 0.253 e. The van der Waals surface area contributed by atoms with E-state index in [0.717, 1.165) is 31.5 Å². The van der Waals surface area contributed by atoms with Crippen molar-refractivity contribution in [3.05, 3.63) is 34.9 Å². The largest absolute Gasteiger partial charge is 0.370 e. The molecule has 3 N–H and O–H groups in total. The molecular weight excluding hydrogens is 266 g/mol. The van der Waals surface area contributed by atoms with Gasteiger partial charge in [0.15, 0.2) is 0 Å². The summed E-state index contributed by atoms with van der Waals surface area (Å²) in [5.41, 5.74) is 8.52. The van der Waals surface area contributed by atoms with Crippen LogP contribution in [-0.4, -0.2) is 29.8 Å². The first-order valence-corrected chi connectivity index (χ1v) is 7.53. The molecule has 1 aromatic carbocycles. The molecule has 0 saturated carbocycles. The first-order valence-electron chi connectivity index (χ1n) is 7.53. The normalized spacial score (nSPS) is 18.6. The minimum atomic E-state index is -0.245. The van der Waals surface area contributed by atoms with Crippen molar-refractivity contribution in [1.29, 1.82) is 0 Å². The fourth-order valence-corrected chi connectivity index (χ4v) is 3.24. The van der Waals surface area contributed by atoms with Gasteiger partial charge >= 0.3 is 0 Å². The van der Waals surface area contributed by atoms with Crippen LogP contribution in [0.4, 0.5) is 0 Å². The molecule has 0 radical (unpaired) electrons. The number of hydrogen-bond acceptors (Lipinski definition) is 3. The zero-order valence-electron chi connectivity index (χ0n) is 12.1. The Morgan fingerprint density at radius 2 is 1.90 bits per heavy atom. The molecule has 0 spiro atoms. The van der Waals surface area contributed by atoms with Crippen molar-refractivity contribution in [1.82, 2.24) is 10.2 Å². The fourth-order valence-electron chi connectivity index (χ4n) is 3.24. The van der Waals surface area contributed by atoms with Gasteiger partial charge in [-0.25, -0.2) is 0 Å². The minimum Gasteiger partial charge on any atom is -0.370 e. The van der Waals surface area contributed by atoms with E-state index in [2.05, 4.69) is 5.32 Å². The van der Waals surface area contributed by atoms with E-state index >= 15 is 0 Å². The number of hydrogen-bond donors (Lipinski definition) is 2. The third kappa shape index (κ3) is 3.08. The number of likely N-dealkylation sites (tertiary alicyclic amines) is 1. The van der Waals surface area contributed by atoms with Crippen molar-refractivity contribution in [2.75, 3.05) is 13.1 Å². The summed E-state index contributed by atoms with van der Waals surface area (Å²) >= 11 is 0. The number of nitrogens with two attached hydrogens (primary N) is 1. The number of benzene rings is 1. The highest BCUT2D eigenvalue weighted by Gasteiger charge is 2.25. The molecule has 5 heteroatoms. The standard InChI is InChI=1S/C16H21N3O2/c17-15(20)7-11-3-5-19(6-4-11)16(21)12-1-2-13-9-18-10-14(13)8-12/h1-2,8,11,18H,3-7,9-10H2,(H2,17,20). The molecular formula is C16H21N3O2. The summed E-state index contributed by atoms with van der Waals surface area (Å²) in [6, 6.07) is 5.97. The van der Waals surface area contributed by atoms with E-state index in [4.69, 9.17) is 5.73 Å². The molecule has 1 fully saturated rings. The molecule has 2 aliphatic heterocycles. The number of carbonyl (C=O) groups is 2. The molecule has 0 bridgehead atoms. The molecule has 1 aromatic rings. The second-order valence-corrected chi connectivity index (χ2v) is 5.99. The van der Waals surface area contributed by atoms with Crippen molar-refractivity contribution in [3.63, 3.8) is 0 Å². The SMILES string of the molecule is NC(=O)CC1CCN(C(=O)c2ccc3c(c2)CNC3)CC1. The van der Waals surface area contributed by atoms with Crippen LogP contribution >= 0.6 is 0 Å². The fraction of sp³-hybridized carbons (Fsp3) is 0.500. The van der Waals surface area contributed by atoms with E-state index in [1.54, 1.807) is 0 Å². The van der Waals surface area contributed by atoms with E-state index < -0.39 is 0 Å². The summed E-state index contributed by atoms with van der Waals surface area (Å²) in [6.07, 6.45) is 2.16. The lowest BCUT2D eigenvalue weighted by molar-refractivity contribution is -0.119. The maximum atomic E-state index is 12.5. The predicted octanol–water partition coefficient (Wildman–Crippen LogP) is 1.02. The van der Waals surface area contributed by atoms with Crippen molar-refractivity contribution >= 4 is 11.8 Å². The number of nitrogens with zero attached hydrogens (tertiary/aromatic N) is 1. The summed E-state index contributed by atoms with van der Waals surface area (Å²) in [4.78, 5) is 25.4. The van der Waals surface area contributed by atoms with Gasteiger partial charge in [-0.15, -0.1) is 0 Å². The van der Waals surface area contributed by atoms with Crippen molar-refractivity contribution in [3.8, 4) is 0 Å². The smallest absolute Gasteiger partial charge is 0.253 e. The zero-order valence-corrected chi connectivity index (χ0v) is 12.1. The van der Waals surface area contributed by atoms with Crippen molar-refractivity contribution in [2.45, 2.75) is 32.4 Å². The number of piperidine rings is 1. The van der Waals surface area contributed by atoms with E-state index in [1.165, 1.54) is 11.1 Å². The van der Waals surface area contributed by atoms with Gasteiger partial charge in [0, 0.05) is 38.2 Å². The lowest BCUT2D eigenvalue weighted by Gasteiger charge is -2.31. The molecule has 112 valence electrons. The second-order valence-electron chi connectivity index (χ2n) is 5.99. The topological polar surface area (TPSA) is 75.4 Å². The highest BCUT2D eigenvalue weighted by atomic mass is 16.2. The van der Waals surface area contributed by atoms with Gasteiger partial charge in [0.2, 0.25) is 5.91 Å². The quantitative estimate of drug-likeness (QED) is 0.871. The van der Waals surface area contributed by atoms with E-state index in [9.17, 15) is 9.59 Å². The third-order valence-corrected chi connectivity index (χ3v) is 4.48. The number of fused-ring (bicyclic) bond motifs is 1. The van der Waals surface area contributed by atoms with Crippen molar-refractivity contribution in [2.24, 2.45) is 11.7 Å². The number of amides is 2. The Hall–Kier alpha value is -1.88. The number of rotatable bonds is 3. The van der Waals surface area contributed by atoms with Gasteiger partial charge in [-0.2, -0.15) is 0 Å². The Kier molecular flexibility index (Phi) is 3.92. The Balaban J connectivity index is 1.63. The summed E-state index contributed by atoms with van der Waals surface area (Å²) in [5.74, 6) is 0.184. The van der Waals surface area contributed by atoms with Crippen LogP contribution in [0.2, 0.25) is 0 Å². The van der Waals surface area contributed by atoms with Crippen LogP contribution in [0.1, 0.15) is 40.7 Å². The van der Waals surface area contributed by atoms with Gasteiger partial charge in [0.05, 0.1) is 0 Å². The van der Waals surface area contributed by atoms with E-state index in [-0.39, 0.29) is 11.8 Å². The van der Waals surface area contributed by atoms with Crippen LogP contribution in [0.5, 0.6) is 0 Å². The van der Waals surface area contributed by atoms with Gasteiger partial charge < -0.3 is 16.0 Å². The summed E-state index contributed by atoms with van der Waals surface area (Å²) in [7, 11) is 0. The Morgan fingerprint density at radius 1 is 1.19 bits per heavy atom. The predicted molar refractivity (Wildman–Crippen MR) is 79.4 cm³/mol. The lowest BCUT2D eigenvalue weighted by atomic mass is 9.93. The van der Waals surface area contributed by atoms with Crippen LogP contribution in [0.3, 0.4) is 0 Å². The Morgan fingerprint density at radius 3 is 2.62 bits per heavy atom. The summed E-state index contributed by atoms with van der Waals surface area (Å²) in [6.45, 7) is 3.16. The molecule has 0 unspecified atom stereocenters. The highest BCUT2D eigenvalue weighted by molar-refractivity contribution is 5.94. The molecule has 2 amide bonds. The molecule has 2 heterocycles. The molecule has 0 aliphatic carbocycles. The average Bonchev–Trinajstić information content (AvgIpc) is 2.94. The van der Waals surface area contributed by atoms with Crippen molar-refractivity contribution < 1.29 is 9.59 Å². The van der Waals surface area contributed by atoms with E-state index in [1.807, 2.05) is 23.1 Å². The molecule has 2 aliphatic rings. The molecule has 1 saturated heterocycles. The molecule has 3 rings (SSSR count). The van der Waals surface area contributed by atoms with Gasteiger partial charge in [0.25, 0.3) is 5.91 Å². The molecule has 5 nitrogen and oxygen atoms in total. The van der Waals surface area contributed by atoms with Gasteiger partial charge in [-0.05, 0) is 42.0 Å². The Labute approximate surface area is 124 Å². The first-order chi connectivity index (χ1) is 10.1. The molecule has 0 aromatic heterocycles. The van der Waals surface area contributed by atoms with Crippen LogP contribution in [0, 0.1) is 5.92 Å². The van der Waals surface area contributed by atoms with Crippen LogP contribution in [0.25, 0.3) is 0 Å². The highest BCUT2D eigenvalue weighted by Crippen LogP contribution is 2.23.